The van der Waals surface area contributed by atoms with E-state index in [1.165, 1.54) is 0 Å². The smallest absolute Gasteiger partial charge is 0.410 e. The number of ether oxygens (including phenoxy) is 2. The summed E-state index contributed by atoms with van der Waals surface area (Å²) in [6.07, 6.45) is -0.130. The van der Waals surface area contributed by atoms with E-state index in [9.17, 15) is 19.5 Å². The van der Waals surface area contributed by atoms with Crippen molar-refractivity contribution < 1.29 is 29.0 Å². The van der Waals surface area contributed by atoms with E-state index >= 15 is 0 Å². The summed E-state index contributed by atoms with van der Waals surface area (Å²) in [5.74, 6) is -0.932. The Balaban J connectivity index is 1.75. The summed E-state index contributed by atoms with van der Waals surface area (Å²) in [4.78, 5) is 40.8. The highest BCUT2D eigenvalue weighted by Crippen LogP contribution is 2.37. The zero-order valence-electron chi connectivity index (χ0n) is 21.3. The molecule has 1 saturated heterocycles. The lowest BCUT2D eigenvalue weighted by molar-refractivity contribution is -0.141. The molecule has 0 radical (unpaired) electrons. The van der Waals surface area contributed by atoms with Crippen LogP contribution in [0.3, 0.4) is 0 Å². The fourth-order valence-corrected chi connectivity index (χ4v) is 4.41. The van der Waals surface area contributed by atoms with Crippen molar-refractivity contribution in [2.45, 2.75) is 58.8 Å². The summed E-state index contributed by atoms with van der Waals surface area (Å²) in [7, 11) is 0. The molecule has 0 aliphatic carbocycles. The predicted octanol–water partition coefficient (Wildman–Crippen LogP) is 5.32. The van der Waals surface area contributed by atoms with Crippen molar-refractivity contribution in [3.8, 4) is 0 Å². The highest BCUT2D eigenvalue weighted by atomic mass is 16.6. The van der Waals surface area contributed by atoms with Gasteiger partial charge in [0.25, 0.3) is 0 Å². The Morgan fingerprint density at radius 2 is 1.50 bits per heavy atom. The second kappa shape index (κ2) is 11.9. The monoisotopic (exact) mass is 496 g/mol. The van der Waals surface area contributed by atoms with Crippen molar-refractivity contribution in [2.24, 2.45) is 5.41 Å². The topological polar surface area (TPSA) is 96.4 Å². The standard InChI is InChI=1S/C28H36N2O6/c1-27(2,3)36-26(34)29-16-14-28(15-17-29,18-24(31)32)21-30(19-22-10-6-4-7-11-22)25(33)35-20-23-12-8-5-9-13-23/h4-13H,14-21H2,1-3H3,(H,31,32). The van der Waals surface area contributed by atoms with Crippen LogP contribution < -0.4 is 0 Å². The molecule has 1 aliphatic rings. The van der Waals surface area contributed by atoms with Crippen LogP contribution in [0.4, 0.5) is 9.59 Å². The van der Waals surface area contributed by atoms with E-state index in [4.69, 9.17) is 9.47 Å². The van der Waals surface area contributed by atoms with Crippen LogP contribution in [0.5, 0.6) is 0 Å². The third-order valence-corrected chi connectivity index (χ3v) is 6.21. The summed E-state index contributed by atoms with van der Waals surface area (Å²) in [5, 5.41) is 9.71. The first kappa shape index (κ1) is 27.0. The molecule has 0 bridgehead atoms. The van der Waals surface area contributed by atoms with E-state index in [0.29, 0.717) is 32.5 Å². The van der Waals surface area contributed by atoms with Gasteiger partial charge in [0, 0.05) is 31.6 Å². The molecule has 1 aliphatic heterocycles. The lowest BCUT2D eigenvalue weighted by Gasteiger charge is -2.43. The lowest BCUT2D eigenvalue weighted by atomic mass is 9.75. The van der Waals surface area contributed by atoms with Crippen molar-refractivity contribution in [3.05, 3.63) is 71.8 Å². The van der Waals surface area contributed by atoms with Crippen LogP contribution in [0.15, 0.2) is 60.7 Å². The number of nitrogens with zero attached hydrogens (tertiary/aromatic N) is 2. The Morgan fingerprint density at radius 1 is 0.944 bits per heavy atom. The van der Waals surface area contributed by atoms with Crippen LogP contribution in [0.1, 0.15) is 51.2 Å². The van der Waals surface area contributed by atoms with E-state index in [-0.39, 0.29) is 19.6 Å². The number of likely N-dealkylation sites (tertiary alicyclic amines) is 1. The first-order valence-electron chi connectivity index (χ1n) is 12.2. The maximum Gasteiger partial charge on any atom is 0.410 e. The third kappa shape index (κ3) is 8.29. The van der Waals surface area contributed by atoms with Crippen molar-refractivity contribution in [3.63, 3.8) is 0 Å². The fraction of sp³-hybridized carbons (Fsp3) is 0.464. The third-order valence-electron chi connectivity index (χ3n) is 6.21. The zero-order chi connectivity index (χ0) is 26.2. The highest BCUT2D eigenvalue weighted by Gasteiger charge is 2.41. The molecular weight excluding hydrogens is 460 g/mol. The molecule has 0 unspecified atom stereocenters. The highest BCUT2D eigenvalue weighted by molar-refractivity contribution is 5.70. The predicted molar refractivity (Wildman–Crippen MR) is 135 cm³/mol. The summed E-state index contributed by atoms with van der Waals surface area (Å²) in [6, 6.07) is 19.0. The van der Waals surface area contributed by atoms with Gasteiger partial charge in [-0.1, -0.05) is 60.7 Å². The van der Waals surface area contributed by atoms with Gasteiger partial charge in [-0.05, 0) is 44.7 Å². The maximum absolute atomic E-state index is 13.2. The van der Waals surface area contributed by atoms with Crippen LogP contribution in [-0.2, 0) is 27.4 Å². The second-order valence-corrected chi connectivity index (χ2v) is 10.4. The van der Waals surface area contributed by atoms with E-state index in [1.54, 1.807) is 9.80 Å². The zero-order valence-corrected chi connectivity index (χ0v) is 21.3. The van der Waals surface area contributed by atoms with E-state index < -0.39 is 29.2 Å². The Kier molecular flexibility index (Phi) is 8.96. The molecule has 3 rings (SSSR count). The van der Waals surface area contributed by atoms with Gasteiger partial charge in [-0.2, -0.15) is 0 Å². The number of aliphatic carboxylic acids is 1. The largest absolute Gasteiger partial charge is 0.481 e. The van der Waals surface area contributed by atoms with Crippen LogP contribution >= 0.6 is 0 Å². The van der Waals surface area contributed by atoms with Crippen molar-refractivity contribution in [2.75, 3.05) is 19.6 Å². The number of piperidine rings is 1. The normalized spacial score (nSPS) is 15.1. The molecule has 2 aromatic rings. The number of benzene rings is 2. The minimum atomic E-state index is -0.932. The molecule has 2 amide bonds. The average Bonchev–Trinajstić information content (AvgIpc) is 2.82. The van der Waals surface area contributed by atoms with Gasteiger partial charge in [0.2, 0.25) is 0 Å². The van der Waals surface area contributed by atoms with E-state index in [0.717, 1.165) is 11.1 Å². The minimum Gasteiger partial charge on any atom is -0.481 e. The molecule has 36 heavy (non-hydrogen) atoms. The van der Waals surface area contributed by atoms with Crippen LogP contribution in [0.25, 0.3) is 0 Å². The lowest BCUT2D eigenvalue weighted by Crippen LogP contribution is -2.50. The molecule has 1 N–H and O–H groups in total. The van der Waals surface area contributed by atoms with Gasteiger partial charge in [-0.15, -0.1) is 0 Å². The van der Waals surface area contributed by atoms with Crippen molar-refractivity contribution >= 4 is 18.2 Å². The molecule has 0 aromatic heterocycles. The summed E-state index contributed by atoms with van der Waals surface area (Å²) in [6.45, 7) is 6.80. The molecule has 8 nitrogen and oxygen atoms in total. The number of carbonyl (C=O) groups is 3. The first-order chi connectivity index (χ1) is 17.1. The second-order valence-electron chi connectivity index (χ2n) is 10.4. The Hall–Kier alpha value is -3.55. The van der Waals surface area contributed by atoms with Gasteiger partial charge in [0.05, 0.1) is 6.42 Å². The number of hydrogen-bond acceptors (Lipinski definition) is 5. The molecule has 0 atom stereocenters. The Bertz CT molecular complexity index is 1010. The first-order valence-corrected chi connectivity index (χ1v) is 12.2. The van der Waals surface area contributed by atoms with E-state index in [2.05, 4.69) is 0 Å². The fourth-order valence-electron chi connectivity index (χ4n) is 4.41. The summed E-state index contributed by atoms with van der Waals surface area (Å²) >= 11 is 0. The van der Waals surface area contributed by atoms with Gasteiger partial charge >= 0.3 is 18.2 Å². The number of carboxylic acids is 1. The molecule has 0 saturated carbocycles. The van der Waals surface area contributed by atoms with Gasteiger partial charge in [0.15, 0.2) is 0 Å². The van der Waals surface area contributed by atoms with Crippen LogP contribution in [0, 0.1) is 5.41 Å². The number of hydrogen-bond donors (Lipinski definition) is 1. The minimum absolute atomic E-state index is 0.105. The number of carbonyl (C=O) groups excluding carboxylic acids is 2. The summed E-state index contributed by atoms with van der Waals surface area (Å²) < 4.78 is 11.1. The van der Waals surface area contributed by atoms with Gasteiger partial charge in [-0.25, -0.2) is 9.59 Å². The average molecular weight is 497 g/mol. The van der Waals surface area contributed by atoms with Gasteiger partial charge in [-0.3, -0.25) is 4.79 Å². The molecule has 1 fully saturated rings. The molecule has 8 heteroatoms. The van der Waals surface area contributed by atoms with Crippen molar-refractivity contribution in [1.29, 1.82) is 0 Å². The Labute approximate surface area is 212 Å². The van der Waals surface area contributed by atoms with Gasteiger partial charge < -0.3 is 24.4 Å². The number of carboxylic acid groups (broad SMARTS) is 1. The maximum atomic E-state index is 13.2. The Morgan fingerprint density at radius 3 is 2.03 bits per heavy atom. The van der Waals surface area contributed by atoms with E-state index in [1.807, 2.05) is 81.4 Å². The van der Waals surface area contributed by atoms with Crippen molar-refractivity contribution in [1.82, 2.24) is 9.80 Å². The summed E-state index contributed by atoms with van der Waals surface area (Å²) in [5.41, 5.74) is 0.495. The molecule has 0 spiro atoms. The van der Waals surface area contributed by atoms with Crippen LogP contribution in [0.2, 0.25) is 0 Å². The van der Waals surface area contributed by atoms with Gasteiger partial charge in [0.1, 0.15) is 12.2 Å². The molecule has 2 aromatic carbocycles. The number of rotatable bonds is 8. The molecule has 194 valence electrons. The quantitative estimate of drug-likeness (QED) is 0.532. The molecule has 1 heterocycles. The van der Waals surface area contributed by atoms with Crippen LogP contribution in [-0.4, -0.2) is 58.3 Å². The number of amides is 2. The molecular formula is C28H36N2O6. The SMILES string of the molecule is CC(C)(C)OC(=O)N1CCC(CC(=O)O)(CN(Cc2ccccc2)C(=O)OCc2ccccc2)CC1.